The summed E-state index contributed by atoms with van der Waals surface area (Å²) in [6.45, 7) is 1.42. The zero-order valence-corrected chi connectivity index (χ0v) is 16.9. The van der Waals surface area contributed by atoms with Crippen molar-refractivity contribution in [1.29, 1.82) is 0 Å². The fourth-order valence-electron chi connectivity index (χ4n) is 5.14. The molecule has 2 aromatic carbocycles. The zero-order chi connectivity index (χ0) is 20.6. The zero-order valence-electron chi connectivity index (χ0n) is 16.9. The number of halogens is 1. The Hall–Kier alpha value is -2.64. The molecular formula is C23H26FN5O. The van der Waals surface area contributed by atoms with E-state index in [1.54, 1.807) is 6.07 Å². The van der Waals surface area contributed by atoms with Gasteiger partial charge in [-0.3, -0.25) is 4.90 Å². The van der Waals surface area contributed by atoms with Crippen LogP contribution in [0.5, 0.6) is 0 Å². The summed E-state index contributed by atoms with van der Waals surface area (Å²) < 4.78 is 15.6. The van der Waals surface area contributed by atoms with Crippen LogP contribution in [0.4, 0.5) is 4.39 Å². The van der Waals surface area contributed by atoms with Crippen LogP contribution in [0, 0.1) is 5.82 Å². The van der Waals surface area contributed by atoms with E-state index >= 15 is 0 Å². The van der Waals surface area contributed by atoms with Crippen LogP contribution in [-0.4, -0.2) is 42.3 Å². The third-order valence-electron chi connectivity index (χ3n) is 6.66. The van der Waals surface area contributed by atoms with Crippen molar-refractivity contribution in [2.45, 2.75) is 62.9 Å². The molecule has 30 heavy (non-hydrogen) atoms. The normalized spacial score (nSPS) is 26.2. The monoisotopic (exact) mass is 407 g/mol. The fraction of sp³-hybridized carbons (Fsp3) is 0.435. The van der Waals surface area contributed by atoms with Gasteiger partial charge in [-0.2, -0.15) is 0 Å². The Morgan fingerprint density at radius 2 is 1.80 bits per heavy atom. The van der Waals surface area contributed by atoms with Crippen molar-refractivity contribution in [3.05, 3.63) is 77.4 Å². The number of aromatic nitrogens is 4. The Balaban J connectivity index is 1.28. The highest BCUT2D eigenvalue weighted by Crippen LogP contribution is 2.46. The van der Waals surface area contributed by atoms with Gasteiger partial charge in [0.05, 0.1) is 12.1 Å². The Morgan fingerprint density at radius 3 is 2.53 bits per heavy atom. The predicted octanol–water partition coefficient (Wildman–Crippen LogP) is 3.07. The molecule has 1 aromatic heterocycles. The third kappa shape index (κ3) is 3.75. The molecule has 0 amide bonds. The Morgan fingerprint density at radius 1 is 1.03 bits per heavy atom. The van der Waals surface area contributed by atoms with Crippen molar-refractivity contribution in [3.8, 4) is 0 Å². The molecule has 2 bridgehead atoms. The quantitative estimate of drug-likeness (QED) is 0.680. The molecule has 0 saturated carbocycles. The van der Waals surface area contributed by atoms with Crippen LogP contribution >= 0.6 is 0 Å². The Labute approximate surface area is 175 Å². The fourth-order valence-corrected chi connectivity index (χ4v) is 5.14. The number of hydrogen-bond acceptors (Lipinski definition) is 5. The van der Waals surface area contributed by atoms with Gasteiger partial charge in [0.1, 0.15) is 5.82 Å². The molecule has 2 fully saturated rings. The van der Waals surface area contributed by atoms with Crippen LogP contribution in [0.15, 0.2) is 54.6 Å². The van der Waals surface area contributed by atoms with E-state index in [1.165, 1.54) is 17.7 Å². The summed E-state index contributed by atoms with van der Waals surface area (Å²) in [6, 6.07) is 17.2. The molecule has 1 N–H and O–H groups in total. The van der Waals surface area contributed by atoms with Crippen LogP contribution in [-0.2, 0) is 25.1 Å². The van der Waals surface area contributed by atoms with Crippen LogP contribution < -0.4 is 0 Å². The van der Waals surface area contributed by atoms with E-state index in [0.29, 0.717) is 24.9 Å². The second-order valence-electron chi connectivity index (χ2n) is 8.56. The van der Waals surface area contributed by atoms with E-state index in [0.717, 1.165) is 31.6 Å². The van der Waals surface area contributed by atoms with Crippen molar-refractivity contribution >= 4 is 0 Å². The summed E-state index contributed by atoms with van der Waals surface area (Å²) in [5.74, 6) is 0.562. The molecule has 0 unspecified atom stereocenters. The van der Waals surface area contributed by atoms with E-state index in [-0.39, 0.29) is 17.9 Å². The van der Waals surface area contributed by atoms with E-state index in [2.05, 4.69) is 32.6 Å². The van der Waals surface area contributed by atoms with Gasteiger partial charge in [-0.05, 0) is 65.8 Å². The highest BCUT2D eigenvalue weighted by atomic mass is 19.1. The maximum atomic E-state index is 13.7. The number of rotatable bonds is 6. The van der Waals surface area contributed by atoms with Gasteiger partial charge < -0.3 is 5.11 Å². The van der Waals surface area contributed by atoms with Crippen molar-refractivity contribution in [1.82, 2.24) is 25.1 Å². The summed E-state index contributed by atoms with van der Waals surface area (Å²) in [5, 5.41) is 23.7. The number of nitrogens with zero attached hydrogens (tertiary/aromatic N) is 5. The molecule has 0 spiro atoms. The first-order valence-electron chi connectivity index (χ1n) is 10.6. The highest BCUT2D eigenvalue weighted by molar-refractivity contribution is 5.26. The third-order valence-corrected chi connectivity index (χ3v) is 6.66. The van der Waals surface area contributed by atoms with Gasteiger partial charge in [0.2, 0.25) is 0 Å². The number of aryl methyl sites for hydroxylation is 2. The second-order valence-corrected chi connectivity index (χ2v) is 8.56. The lowest BCUT2D eigenvalue weighted by molar-refractivity contribution is -0.0606. The van der Waals surface area contributed by atoms with Crippen LogP contribution in [0.1, 0.15) is 42.6 Å². The first-order valence-corrected chi connectivity index (χ1v) is 10.6. The molecule has 3 heterocycles. The lowest BCUT2D eigenvalue weighted by Crippen LogP contribution is -2.49. The first-order chi connectivity index (χ1) is 14.6. The maximum absolute atomic E-state index is 13.7. The molecule has 2 atom stereocenters. The van der Waals surface area contributed by atoms with E-state index in [1.807, 2.05) is 28.9 Å². The molecule has 2 aliphatic heterocycles. The van der Waals surface area contributed by atoms with Crippen molar-refractivity contribution in [2.24, 2.45) is 0 Å². The smallest absolute Gasteiger partial charge is 0.165 e. The molecule has 6 nitrogen and oxygen atoms in total. The lowest BCUT2D eigenvalue weighted by atomic mass is 9.80. The molecule has 2 saturated heterocycles. The van der Waals surface area contributed by atoms with Crippen LogP contribution in [0.3, 0.4) is 0 Å². The molecule has 3 aromatic rings. The number of aliphatic hydroxyl groups is 1. The molecule has 2 aliphatic rings. The van der Waals surface area contributed by atoms with Crippen LogP contribution in [0.2, 0.25) is 0 Å². The average Bonchev–Trinajstić information content (AvgIpc) is 3.29. The Bertz CT molecular complexity index is 994. The number of fused-ring (bicyclic) bond motifs is 2. The van der Waals surface area contributed by atoms with Gasteiger partial charge in [0.15, 0.2) is 5.82 Å². The standard InChI is InChI=1S/C23H26FN5O/c24-19-8-4-7-18(13-19)23(30)14-20-9-10-21(15-23)28(20)16-22-25-26-27-29(22)12-11-17-5-2-1-3-6-17/h1-8,13,20-21,30H,9-12,14-16H2/t20-,21-/m0/s1. The Kier molecular flexibility index (Phi) is 5.08. The van der Waals surface area contributed by atoms with E-state index in [4.69, 9.17) is 0 Å². The van der Waals surface area contributed by atoms with Gasteiger partial charge >= 0.3 is 0 Å². The minimum atomic E-state index is -0.969. The molecule has 0 radical (unpaired) electrons. The molecule has 0 aliphatic carbocycles. The lowest BCUT2D eigenvalue weighted by Gasteiger charge is -2.43. The average molecular weight is 407 g/mol. The minimum Gasteiger partial charge on any atom is -0.385 e. The number of piperidine rings is 1. The summed E-state index contributed by atoms with van der Waals surface area (Å²) >= 11 is 0. The van der Waals surface area contributed by atoms with E-state index < -0.39 is 5.60 Å². The molecule has 156 valence electrons. The molecule has 5 rings (SSSR count). The topological polar surface area (TPSA) is 67.1 Å². The number of benzene rings is 2. The molecule has 7 heteroatoms. The van der Waals surface area contributed by atoms with Gasteiger partial charge in [-0.15, -0.1) is 5.10 Å². The van der Waals surface area contributed by atoms with Crippen LogP contribution in [0.25, 0.3) is 0 Å². The summed E-state index contributed by atoms with van der Waals surface area (Å²) in [6.07, 6.45) is 4.17. The number of tetrazole rings is 1. The summed E-state index contributed by atoms with van der Waals surface area (Å²) in [5.41, 5.74) is 0.979. The van der Waals surface area contributed by atoms with Gasteiger partial charge in [0.25, 0.3) is 0 Å². The largest absolute Gasteiger partial charge is 0.385 e. The van der Waals surface area contributed by atoms with E-state index in [9.17, 15) is 9.50 Å². The van der Waals surface area contributed by atoms with Gasteiger partial charge in [0, 0.05) is 18.6 Å². The predicted molar refractivity (Wildman–Crippen MR) is 110 cm³/mol. The van der Waals surface area contributed by atoms with Gasteiger partial charge in [-0.1, -0.05) is 42.5 Å². The van der Waals surface area contributed by atoms with Gasteiger partial charge in [-0.25, -0.2) is 9.07 Å². The maximum Gasteiger partial charge on any atom is 0.165 e. The first kappa shape index (κ1) is 19.3. The summed E-state index contributed by atoms with van der Waals surface area (Å²) in [7, 11) is 0. The SMILES string of the molecule is OC1(c2cccc(F)c2)C[C@@H]2CC[C@@H](C1)N2Cc1nnnn1CCc1ccccc1. The summed E-state index contributed by atoms with van der Waals surface area (Å²) in [4.78, 5) is 2.43. The second kappa shape index (κ2) is 7.89. The van der Waals surface area contributed by atoms with Crippen molar-refractivity contribution in [2.75, 3.05) is 0 Å². The molecular weight excluding hydrogens is 381 g/mol. The van der Waals surface area contributed by atoms with Crippen molar-refractivity contribution in [3.63, 3.8) is 0 Å². The highest BCUT2D eigenvalue weighted by Gasteiger charge is 2.48. The number of hydrogen-bond donors (Lipinski definition) is 1. The minimum absolute atomic E-state index is 0.247. The van der Waals surface area contributed by atoms with Crippen molar-refractivity contribution < 1.29 is 9.50 Å².